The topological polar surface area (TPSA) is 65.4 Å². The molecule has 1 aromatic heterocycles. The molecule has 2 aromatic carbocycles. The highest BCUT2D eigenvalue weighted by Crippen LogP contribution is 2.47. The van der Waals surface area contributed by atoms with Crippen LogP contribution in [0.15, 0.2) is 60.9 Å². The molecule has 5 rings (SSSR count). The van der Waals surface area contributed by atoms with Crippen molar-refractivity contribution >= 4 is 11.6 Å². The number of hydrogen-bond donors (Lipinski definition) is 1. The second-order valence-corrected chi connectivity index (χ2v) is 6.94. The maximum atomic E-state index is 12.6. The SMILES string of the molecule is O=C(Nc1ccc2c(c1)OC1(CCCC1)O2)c1ccc(-n2cccn2)cc1. The molecule has 0 radical (unpaired) electrons. The lowest BCUT2D eigenvalue weighted by Gasteiger charge is -2.21. The molecule has 1 fully saturated rings. The van der Waals surface area contributed by atoms with Crippen LogP contribution in [0.25, 0.3) is 5.69 Å². The van der Waals surface area contributed by atoms with Crippen LogP contribution in [0.2, 0.25) is 0 Å². The van der Waals surface area contributed by atoms with Gasteiger partial charge in [0.2, 0.25) is 0 Å². The highest BCUT2D eigenvalue weighted by Gasteiger charge is 2.44. The van der Waals surface area contributed by atoms with E-state index in [-0.39, 0.29) is 5.91 Å². The van der Waals surface area contributed by atoms with Crippen molar-refractivity contribution < 1.29 is 14.3 Å². The third kappa shape index (κ3) is 2.93. The van der Waals surface area contributed by atoms with E-state index in [4.69, 9.17) is 9.47 Å². The third-order valence-electron chi connectivity index (χ3n) is 5.06. The first-order valence-corrected chi connectivity index (χ1v) is 9.14. The molecule has 3 aromatic rings. The number of fused-ring (bicyclic) bond motifs is 1. The van der Waals surface area contributed by atoms with Crippen LogP contribution in [0.5, 0.6) is 11.5 Å². The number of nitrogens with zero attached hydrogens (tertiary/aromatic N) is 2. The molecule has 1 aliphatic carbocycles. The number of nitrogens with one attached hydrogen (secondary N) is 1. The average molecular weight is 361 g/mol. The van der Waals surface area contributed by atoms with Crippen LogP contribution in [-0.2, 0) is 0 Å². The monoisotopic (exact) mass is 361 g/mol. The number of anilines is 1. The number of amides is 1. The molecular formula is C21H19N3O3. The zero-order chi connectivity index (χ0) is 18.3. The van der Waals surface area contributed by atoms with Gasteiger partial charge in [0.1, 0.15) is 0 Å². The fourth-order valence-corrected chi connectivity index (χ4v) is 3.68. The molecule has 136 valence electrons. The molecule has 0 unspecified atom stereocenters. The lowest BCUT2D eigenvalue weighted by atomic mass is 10.2. The molecule has 0 saturated heterocycles. The van der Waals surface area contributed by atoms with E-state index in [1.165, 1.54) is 0 Å². The summed E-state index contributed by atoms with van der Waals surface area (Å²) in [7, 11) is 0. The van der Waals surface area contributed by atoms with Crippen LogP contribution in [0.4, 0.5) is 5.69 Å². The maximum absolute atomic E-state index is 12.6. The molecule has 1 N–H and O–H groups in total. The Balaban J connectivity index is 1.30. The minimum absolute atomic E-state index is 0.170. The highest BCUT2D eigenvalue weighted by molar-refractivity contribution is 6.04. The normalized spacial score (nSPS) is 16.6. The summed E-state index contributed by atoms with van der Waals surface area (Å²) < 4.78 is 13.8. The van der Waals surface area contributed by atoms with Crippen LogP contribution in [0, 0.1) is 0 Å². The fraction of sp³-hybridized carbons (Fsp3) is 0.238. The van der Waals surface area contributed by atoms with Crippen LogP contribution in [-0.4, -0.2) is 21.5 Å². The van der Waals surface area contributed by atoms with Gasteiger partial charge in [0.15, 0.2) is 11.5 Å². The predicted molar refractivity (Wildman–Crippen MR) is 100 cm³/mol. The number of ether oxygens (including phenoxy) is 2. The Morgan fingerprint density at radius 3 is 2.56 bits per heavy atom. The van der Waals surface area contributed by atoms with Gasteiger partial charge in [-0.3, -0.25) is 4.79 Å². The van der Waals surface area contributed by atoms with E-state index in [1.807, 2.05) is 42.6 Å². The van der Waals surface area contributed by atoms with E-state index in [2.05, 4.69) is 10.4 Å². The van der Waals surface area contributed by atoms with Crippen molar-refractivity contribution in [3.8, 4) is 17.2 Å². The predicted octanol–water partition coefficient (Wildman–Crippen LogP) is 4.17. The minimum atomic E-state index is -0.493. The van der Waals surface area contributed by atoms with Crippen LogP contribution >= 0.6 is 0 Å². The molecule has 1 spiro atoms. The molecule has 6 nitrogen and oxygen atoms in total. The summed E-state index contributed by atoms with van der Waals surface area (Å²) >= 11 is 0. The van der Waals surface area contributed by atoms with Gasteiger partial charge < -0.3 is 14.8 Å². The first kappa shape index (κ1) is 15.9. The summed E-state index contributed by atoms with van der Waals surface area (Å²) in [5.41, 5.74) is 2.17. The third-order valence-corrected chi connectivity index (χ3v) is 5.06. The summed E-state index contributed by atoms with van der Waals surface area (Å²) in [5, 5.41) is 7.11. The lowest BCUT2D eigenvalue weighted by molar-refractivity contribution is -0.0716. The largest absolute Gasteiger partial charge is 0.448 e. The fourth-order valence-electron chi connectivity index (χ4n) is 3.68. The molecule has 1 amide bonds. The zero-order valence-corrected chi connectivity index (χ0v) is 14.7. The molecule has 1 saturated carbocycles. The molecule has 0 bridgehead atoms. The quantitative estimate of drug-likeness (QED) is 0.760. The second-order valence-electron chi connectivity index (χ2n) is 6.94. The second kappa shape index (κ2) is 6.16. The van der Waals surface area contributed by atoms with Crippen LogP contribution in [0.1, 0.15) is 36.0 Å². The Labute approximate surface area is 156 Å². The van der Waals surface area contributed by atoms with Gasteiger partial charge in [-0.1, -0.05) is 0 Å². The number of hydrogen-bond acceptors (Lipinski definition) is 4. The van der Waals surface area contributed by atoms with Crippen molar-refractivity contribution in [1.29, 1.82) is 0 Å². The van der Waals surface area contributed by atoms with E-state index in [0.717, 1.165) is 37.1 Å². The Kier molecular flexibility index (Phi) is 3.63. The van der Waals surface area contributed by atoms with E-state index in [0.29, 0.717) is 17.0 Å². The molecule has 6 heteroatoms. The number of rotatable bonds is 3. The molecular weight excluding hydrogens is 342 g/mol. The molecule has 2 heterocycles. The average Bonchev–Trinajstić information content (AvgIpc) is 3.43. The first-order valence-electron chi connectivity index (χ1n) is 9.14. The molecule has 2 aliphatic rings. The van der Waals surface area contributed by atoms with E-state index in [9.17, 15) is 4.79 Å². The van der Waals surface area contributed by atoms with Crippen molar-refractivity contribution in [2.24, 2.45) is 0 Å². The summed E-state index contributed by atoms with van der Waals surface area (Å²) in [4.78, 5) is 12.6. The van der Waals surface area contributed by atoms with Crippen LogP contribution in [0.3, 0.4) is 0 Å². The maximum Gasteiger partial charge on any atom is 0.255 e. The van der Waals surface area contributed by atoms with E-state index < -0.39 is 5.79 Å². The van der Waals surface area contributed by atoms with Crippen molar-refractivity contribution in [1.82, 2.24) is 9.78 Å². The number of aromatic nitrogens is 2. The Morgan fingerprint density at radius 2 is 1.81 bits per heavy atom. The van der Waals surface area contributed by atoms with Crippen molar-refractivity contribution in [2.75, 3.05) is 5.32 Å². The smallest absolute Gasteiger partial charge is 0.255 e. The molecule has 27 heavy (non-hydrogen) atoms. The standard InChI is InChI=1S/C21H19N3O3/c25-20(15-4-7-17(8-5-15)24-13-3-12-22-24)23-16-6-9-18-19(14-16)27-21(26-18)10-1-2-11-21/h3-9,12-14H,1-2,10-11H2,(H,23,25). The first-order chi connectivity index (χ1) is 13.2. The van der Waals surface area contributed by atoms with Gasteiger partial charge in [-0.2, -0.15) is 5.10 Å². The van der Waals surface area contributed by atoms with Gasteiger partial charge >= 0.3 is 0 Å². The van der Waals surface area contributed by atoms with Crippen molar-refractivity contribution in [2.45, 2.75) is 31.5 Å². The lowest BCUT2D eigenvalue weighted by Crippen LogP contribution is -2.34. The summed E-state index contributed by atoms with van der Waals surface area (Å²) in [6.07, 6.45) is 7.63. The Hall–Kier alpha value is -3.28. The van der Waals surface area contributed by atoms with Gasteiger partial charge in [-0.05, 0) is 55.3 Å². The molecule has 1 aliphatic heterocycles. The minimum Gasteiger partial charge on any atom is -0.448 e. The highest BCUT2D eigenvalue weighted by atomic mass is 16.7. The number of carbonyl (C=O) groups is 1. The Bertz CT molecular complexity index is 974. The van der Waals surface area contributed by atoms with Crippen LogP contribution < -0.4 is 14.8 Å². The van der Waals surface area contributed by atoms with E-state index in [1.54, 1.807) is 23.0 Å². The Morgan fingerprint density at radius 1 is 1.04 bits per heavy atom. The van der Waals surface area contributed by atoms with Gasteiger partial charge in [0.05, 0.1) is 5.69 Å². The summed E-state index contributed by atoms with van der Waals surface area (Å²) in [5.74, 6) is 0.784. The van der Waals surface area contributed by atoms with Crippen molar-refractivity contribution in [3.05, 3.63) is 66.5 Å². The van der Waals surface area contributed by atoms with Gasteiger partial charge in [-0.15, -0.1) is 0 Å². The summed E-state index contributed by atoms with van der Waals surface area (Å²) in [6.45, 7) is 0. The summed E-state index contributed by atoms with van der Waals surface area (Å²) in [6, 6.07) is 14.7. The number of benzene rings is 2. The van der Waals surface area contributed by atoms with Crippen molar-refractivity contribution in [3.63, 3.8) is 0 Å². The van der Waals surface area contributed by atoms with Gasteiger partial charge in [0.25, 0.3) is 11.7 Å². The molecule has 0 atom stereocenters. The van der Waals surface area contributed by atoms with Gasteiger partial charge in [0, 0.05) is 42.6 Å². The van der Waals surface area contributed by atoms with Gasteiger partial charge in [-0.25, -0.2) is 4.68 Å². The zero-order valence-electron chi connectivity index (χ0n) is 14.7. The number of carbonyl (C=O) groups excluding carboxylic acids is 1. The van der Waals surface area contributed by atoms with E-state index >= 15 is 0 Å².